The van der Waals surface area contributed by atoms with Crippen molar-refractivity contribution in [3.63, 3.8) is 0 Å². The van der Waals surface area contributed by atoms with E-state index in [0.29, 0.717) is 0 Å². The number of nitrogens with zero attached hydrogens (tertiary/aromatic N) is 1. The molecule has 1 N–H and O–H groups in total. The third-order valence-electron chi connectivity index (χ3n) is 3.45. The van der Waals surface area contributed by atoms with Crippen LogP contribution in [-0.4, -0.2) is 11.0 Å². The fourth-order valence-corrected chi connectivity index (χ4v) is 2.75. The van der Waals surface area contributed by atoms with Crippen molar-refractivity contribution in [2.75, 3.05) is 0 Å². The van der Waals surface area contributed by atoms with Crippen LogP contribution < -0.4 is 5.32 Å². The molecule has 1 fully saturated rings. The van der Waals surface area contributed by atoms with Crippen LogP contribution in [0.4, 0.5) is 0 Å². The van der Waals surface area contributed by atoms with Gasteiger partial charge in [-0.1, -0.05) is 12.1 Å². The minimum atomic E-state index is 0.747. The van der Waals surface area contributed by atoms with Crippen molar-refractivity contribution in [1.29, 1.82) is 0 Å². The average molecular weight is 258 g/mol. The lowest BCUT2D eigenvalue weighted by Gasteiger charge is -2.02. The van der Waals surface area contributed by atoms with Gasteiger partial charge in [0, 0.05) is 23.5 Å². The van der Waals surface area contributed by atoms with Gasteiger partial charge in [0.15, 0.2) is 0 Å². The summed E-state index contributed by atoms with van der Waals surface area (Å²) >= 11 is 1.74. The monoisotopic (exact) mass is 258 g/mol. The second-order valence-electron chi connectivity index (χ2n) is 5.10. The fraction of sp³-hybridized carbons (Fsp3) is 0.400. The Morgan fingerprint density at radius 1 is 1.28 bits per heavy atom. The number of hydrogen-bond donors (Lipinski definition) is 1. The van der Waals surface area contributed by atoms with Gasteiger partial charge in [0.25, 0.3) is 0 Å². The van der Waals surface area contributed by atoms with E-state index in [2.05, 4.69) is 42.7 Å². The Morgan fingerprint density at radius 3 is 2.83 bits per heavy atom. The Labute approximate surface area is 112 Å². The van der Waals surface area contributed by atoms with Crippen LogP contribution in [0.25, 0.3) is 10.6 Å². The molecule has 18 heavy (non-hydrogen) atoms. The topological polar surface area (TPSA) is 24.9 Å². The third kappa shape index (κ3) is 2.62. The molecule has 94 valence electrons. The molecule has 0 aliphatic heterocycles. The highest BCUT2D eigenvalue weighted by Crippen LogP contribution is 2.26. The van der Waals surface area contributed by atoms with Crippen LogP contribution in [0.1, 0.15) is 29.7 Å². The largest absolute Gasteiger partial charge is 0.308 e. The molecule has 0 unspecified atom stereocenters. The molecule has 0 amide bonds. The van der Waals surface area contributed by atoms with Crippen LogP contribution in [0.5, 0.6) is 0 Å². The zero-order valence-electron chi connectivity index (χ0n) is 10.9. The van der Waals surface area contributed by atoms with Crippen LogP contribution in [0, 0.1) is 13.8 Å². The first-order valence-corrected chi connectivity index (χ1v) is 7.36. The lowest BCUT2D eigenvalue weighted by Crippen LogP contribution is -2.15. The fourth-order valence-electron chi connectivity index (χ4n) is 1.93. The predicted molar refractivity (Wildman–Crippen MR) is 76.9 cm³/mol. The normalized spacial score (nSPS) is 15.0. The first-order valence-electron chi connectivity index (χ1n) is 6.48. The van der Waals surface area contributed by atoms with E-state index in [9.17, 15) is 0 Å². The maximum absolute atomic E-state index is 4.71. The van der Waals surface area contributed by atoms with Crippen LogP contribution in [0.3, 0.4) is 0 Å². The maximum Gasteiger partial charge on any atom is 0.123 e. The Morgan fingerprint density at radius 2 is 2.11 bits per heavy atom. The second kappa shape index (κ2) is 4.82. The van der Waals surface area contributed by atoms with E-state index in [-0.39, 0.29) is 0 Å². The molecule has 1 aliphatic carbocycles. The van der Waals surface area contributed by atoms with Gasteiger partial charge in [-0.3, -0.25) is 0 Å². The van der Waals surface area contributed by atoms with Gasteiger partial charge in [-0.2, -0.15) is 0 Å². The number of hydrogen-bond acceptors (Lipinski definition) is 3. The van der Waals surface area contributed by atoms with Crippen molar-refractivity contribution in [2.45, 2.75) is 39.3 Å². The van der Waals surface area contributed by atoms with Crippen molar-refractivity contribution in [3.05, 3.63) is 40.4 Å². The minimum absolute atomic E-state index is 0.747. The van der Waals surface area contributed by atoms with E-state index in [4.69, 9.17) is 4.98 Å². The quantitative estimate of drug-likeness (QED) is 0.905. The summed E-state index contributed by atoms with van der Waals surface area (Å²) in [6.45, 7) is 5.21. The van der Waals surface area contributed by atoms with Crippen molar-refractivity contribution >= 4 is 11.3 Å². The van der Waals surface area contributed by atoms with Gasteiger partial charge in [0.1, 0.15) is 5.01 Å². The van der Waals surface area contributed by atoms with Crippen LogP contribution in [-0.2, 0) is 6.54 Å². The van der Waals surface area contributed by atoms with Gasteiger partial charge in [0.2, 0.25) is 0 Å². The summed E-state index contributed by atoms with van der Waals surface area (Å²) in [7, 11) is 0. The summed E-state index contributed by atoms with van der Waals surface area (Å²) in [5.74, 6) is 0. The Bertz CT molecular complexity index is 555. The van der Waals surface area contributed by atoms with Gasteiger partial charge < -0.3 is 5.32 Å². The molecule has 0 saturated heterocycles. The van der Waals surface area contributed by atoms with Crippen molar-refractivity contribution in [2.24, 2.45) is 0 Å². The first kappa shape index (κ1) is 11.9. The van der Waals surface area contributed by atoms with E-state index in [1.54, 1.807) is 11.3 Å². The molecular formula is C15H18N2S. The second-order valence-corrected chi connectivity index (χ2v) is 5.96. The van der Waals surface area contributed by atoms with Crippen molar-refractivity contribution < 1.29 is 0 Å². The Kier molecular flexibility index (Phi) is 3.18. The molecule has 1 saturated carbocycles. The lowest BCUT2D eigenvalue weighted by atomic mass is 10.1. The molecule has 0 bridgehead atoms. The predicted octanol–water partition coefficient (Wildman–Crippen LogP) is 3.68. The maximum atomic E-state index is 4.71. The Balaban J connectivity index is 1.76. The van der Waals surface area contributed by atoms with Gasteiger partial charge in [-0.15, -0.1) is 11.3 Å². The standard InChI is InChI=1S/C15H18N2S/c1-10-3-4-12(7-11(10)2)15-17-14(9-18-15)8-16-13-5-6-13/h3-4,7,9,13,16H,5-6,8H2,1-2H3. The van der Waals surface area contributed by atoms with Crippen molar-refractivity contribution in [3.8, 4) is 10.6 Å². The molecule has 0 spiro atoms. The zero-order valence-corrected chi connectivity index (χ0v) is 11.7. The highest BCUT2D eigenvalue weighted by atomic mass is 32.1. The van der Waals surface area contributed by atoms with E-state index in [1.165, 1.54) is 35.2 Å². The van der Waals surface area contributed by atoms with Gasteiger partial charge >= 0.3 is 0 Å². The molecule has 2 aromatic rings. The highest BCUT2D eigenvalue weighted by molar-refractivity contribution is 7.13. The number of aryl methyl sites for hydroxylation is 2. The smallest absolute Gasteiger partial charge is 0.123 e. The van der Waals surface area contributed by atoms with Gasteiger partial charge in [-0.25, -0.2) is 4.98 Å². The van der Waals surface area contributed by atoms with Crippen LogP contribution in [0.2, 0.25) is 0 Å². The molecule has 1 aromatic carbocycles. The molecule has 0 atom stereocenters. The molecule has 3 rings (SSSR count). The first-order chi connectivity index (χ1) is 8.72. The summed E-state index contributed by atoms with van der Waals surface area (Å²) in [6, 6.07) is 7.32. The van der Waals surface area contributed by atoms with E-state index in [1.807, 2.05) is 0 Å². The molecule has 1 heterocycles. The average Bonchev–Trinajstić information content (AvgIpc) is 3.08. The molecule has 1 aromatic heterocycles. The molecular weight excluding hydrogens is 240 g/mol. The SMILES string of the molecule is Cc1ccc(-c2nc(CNC3CC3)cs2)cc1C. The van der Waals surface area contributed by atoms with E-state index in [0.717, 1.165) is 17.6 Å². The number of benzene rings is 1. The molecule has 3 heteroatoms. The van der Waals surface area contributed by atoms with Crippen molar-refractivity contribution in [1.82, 2.24) is 10.3 Å². The summed E-state index contributed by atoms with van der Waals surface area (Å²) in [5.41, 5.74) is 5.08. The molecule has 0 radical (unpaired) electrons. The third-order valence-corrected chi connectivity index (χ3v) is 4.39. The van der Waals surface area contributed by atoms with Gasteiger partial charge in [-0.05, 0) is 43.9 Å². The minimum Gasteiger partial charge on any atom is -0.308 e. The zero-order chi connectivity index (χ0) is 12.5. The van der Waals surface area contributed by atoms with Crippen LogP contribution >= 0.6 is 11.3 Å². The lowest BCUT2D eigenvalue weighted by molar-refractivity contribution is 0.678. The summed E-state index contributed by atoms with van der Waals surface area (Å²) in [5, 5.41) is 6.80. The number of nitrogens with one attached hydrogen (secondary N) is 1. The van der Waals surface area contributed by atoms with E-state index >= 15 is 0 Å². The van der Waals surface area contributed by atoms with Gasteiger partial charge in [0.05, 0.1) is 5.69 Å². The summed E-state index contributed by atoms with van der Waals surface area (Å²) in [4.78, 5) is 4.71. The Hall–Kier alpha value is -1.19. The molecule has 2 nitrogen and oxygen atoms in total. The summed E-state index contributed by atoms with van der Waals surface area (Å²) < 4.78 is 0. The highest BCUT2D eigenvalue weighted by Gasteiger charge is 2.20. The number of aromatic nitrogens is 1. The van der Waals surface area contributed by atoms with Crippen LogP contribution in [0.15, 0.2) is 23.6 Å². The molecule has 1 aliphatic rings. The van der Waals surface area contributed by atoms with E-state index < -0.39 is 0 Å². The number of rotatable bonds is 4. The summed E-state index contributed by atoms with van der Waals surface area (Å²) in [6.07, 6.45) is 2.66. The number of thiazole rings is 1.